The van der Waals surface area contributed by atoms with Crippen molar-refractivity contribution in [1.29, 1.82) is 0 Å². The smallest absolute Gasteiger partial charge is 0.323 e. The van der Waals surface area contributed by atoms with Crippen molar-refractivity contribution >= 4 is 18.4 Å². The molecule has 84 valence electrons. The van der Waals surface area contributed by atoms with Crippen molar-refractivity contribution in [2.75, 3.05) is 7.11 Å². The van der Waals surface area contributed by atoms with Gasteiger partial charge in [0.1, 0.15) is 6.04 Å². The van der Waals surface area contributed by atoms with E-state index < -0.39 is 12.0 Å². The second-order valence-electron chi connectivity index (χ2n) is 3.16. The number of carbonyl (C=O) groups is 1. The maximum Gasteiger partial charge on any atom is 0.323 e. The summed E-state index contributed by atoms with van der Waals surface area (Å²) in [5.74, 6) is -0.410. The first kappa shape index (κ1) is 13.9. The third-order valence-electron chi connectivity index (χ3n) is 1.91. The van der Waals surface area contributed by atoms with Crippen LogP contribution in [-0.2, 0) is 16.0 Å². The first-order valence-electron chi connectivity index (χ1n) is 4.38. The second-order valence-corrected chi connectivity index (χ2v) is 3.16. The van der Waals surface area contributed by atoms with Gasteiger partial charge >= 0.3 is 5.97 Å². The zero-order valence-corrected chi connectivity index (χ0v) is 9.58. The maximum absolute atomic E-state index is 11.0. The van der Waals surface area contributed by atoms with Gasteiger partial charge in [0.05, 0.1) is 7.11 Å². The number of carbonyl (C=O) groups excluding carboxylic acids is 1. The van der Waals surface area contributed by atoms with Crippen LogP contribution in [0.2, 0.25) is 0 Å². The SMILES string of the molecule is COC(=O)[C@H](N)Cc1ccc(C)cn1.Cl. The lowest BCUT2D eigenvalue weighted by molar-refractivity contribution is -0.142. The molecule has 15 heavy (non-hydrogen) atoms. The van der Waals surface area contributed by atoms with Gasteiger partial charge in [-0.3, -0.25) is 9.78 Å². The highest BCUT2D eigenvalue weighted by molar-refractivity contribution is 5.85. The van der Waals surface area contributed by atoms with Crippen molar-refractivity contribution in [3.05, 3.63) is 29.6 Å². The van der Waals surface area contributed by atoms with Gasteiger partial charge < -0.3 is 10.5 Å². The predicted octanol–water partition coefficient (Wildman–Crippen LogP) is 0.855. The van der Waals surface area contributed by atoms with Crippen LogP contribution < -0.4 is 5.73 Å². The van der Waals surface area contributed by atoms with Gasteiger partial charge in [-0.05, 0) is 18.6 Å². The minimum atomic E-state index is -0.629. The maximum atomic E-state index is 11.0. The summed E-state index contributed by atoms with van der Waals surface area (Å²) in [7, 11) is 1.32. The highest BCUT2D eigenvalue weighted by atomic mass is 35.5. The van der Waals surface area contributed by atoms with E-state index in [1.54, 1.807) is 6.20 Å². The van der Waals surface area contributed by atoms with Crippen molar-refractivity contribution in [1.82, 2.24) is 4.98 Å². The number of aromatic nitrogens is 1. The first-order valence-corrected chi connectivity index (χ1v) is 4.38. The number of esters is 1. The highest BCUT2D eigenvalue weighted by Crippen LogP contribution is 2.01. The fraction of sp³-hybridized carbons (Fsp3) is 0.400. The molecule has 0 radical (unpaired) electrons. The highest BCUT2D eigenvalue weighted by Gasteiger charge is 2.14. The van der Waals surface area contributed by atoms with Crippen LogP contribution in [-0.4, -0.2) is 24.1 Å². The zero-order valence-electron chi connectivity index (χ0n) is 8.77. The molecular weight excluding hydrogens is 216 g/mol. The zero-order chi connectivity index (χ0) is 10.6. The van der Waals surface area contributed by atoms with Gasteiger partial charge in [-0.2, -0.15) is 0 Å². The number of aryl methyl sites for hydroxylation is 1. The molecule has 1 rings (SSSR count). The predicted molar refractivity (Wildman–Crippen MR) is 59.9 cm³/mol. The summed E-state index contributed by atoms with van der Waals surface area (Å²) in [6.45, 7) is 1.96. The van der Waals surface area contributed by atoms with Gasteiger partial charge in [0, 0.05) is 18.3 Å². The second kappa shape index (κ2) is 6.37. The quantitative estimate of drug-likeness (QED) is 0.782. The number of nitrogens with two attached hydrogens (primary N) is 1. The number of ether oxygens (including phenoxy) is 1. The van der Waals surface area contributed by atoms with Gasteiger partial charge in [0.2, 0.25) is 0 Å². The fourth-order valence-corrected chi connectivity index (χ4v) is 1.08. The minimum Gasteiger partial charge on any atom is -0.468 e. The van der Waals surface area contributed by atoms with E-state index in [1.807, 2.05) is 19.1 Å². The van der Waals surface area contributed by atoms with Gasteiger partial charge in [0.15, 0.2) is 0 Å². The van der Waals surface area contributed by atoms with Crippen LogP contribution in [0.1, 0.15) is 11.3 Å². The van der Waals surface area contributed by atoms with E-state index >= 15 is 0 Å². The Labute approximate surface area is 95.2 Å². The summed E-state index contributed by atoms with van der Waals surface area (Å²) < 4.78 is 4.52. The molecule has 0 spiro atoms. The van der Waals surface area contributed by atoms with Gasteiger partial charge in [-0.15, -0.1) is 12.4 Å². The molecule has 0 bridgehead atoms. The Kier molecular flexibility index (Phi) is 5.89. The van der Waals surface area contributed by atoms with Gasteiger partial charge in [-0.25, -0.2) is 0 Å². The molecule has 0 amide bonds. The van der Waals surface area contributed by atoms with Crippen LogP contribution >= 0.6 is 12.4 Å². The van der Waals surface area contributed by atoms with Crippen LogP contribution in [0.25, 0.3) is 0 Å². The van der Waals surface area contributed by atoms with Crippen LogP contribution in [0.3, 0.4) is 0 Å². The number of rotatable bonds is 3. The number of hydrogen-bond acceptors (Lipinski definition) is 4. The molecular formula is C10H15ClN2O2. The summed E-state index contributed by atoms with van der Waals surface area (Å²) in [6.07, 6.45) is 2.16. The molecule has 0 aliphatic rings. The molecule has 0 aliphatic heterocycles. The Morgan fingerprint density at radius 1 is 1.60 bits per heavy atom. The lowest BCUT2D eigenvalue weighted by atomic mass is 10.1. The largest absolute Gasteiger partial charge is 0.468 e. The summed E-state index contributed by atoms with van der Waals surface area (Å²) in [5, 5.41) is 0. The Hall–Kier alpha value is -1.13. The van der Waals surface area contributed by atoms with E-state index in [0.29, 0.717) is 6.42 Å². The molecule has 0 unspecified atom stereocenters. The topological polar surface area (TPSA) is 65.2 Å². The van der Waals surface area contributed by atoms with Crippen LogP contribution in [0.15, 0.2) is 18.3 Å². The number of methoxy groups -OCH3 is 1. The standard InChI is InChI=1S/C10H14N2O2.ClH/c1-7-3-4-8(12-6-7)5-9(11)10(13)14-2;/h3-4,6,9H,5,11H2,1-2H3;1H/t9-;/m1./s1. The van der Waals surface area contributed by atoms with Crippen molar-refractivity contribution in [3.63, 3.8) is 0 Å². The van der Waals surface area contributed by atoms with Crippen LogP contribution in [0, 0.1) is 6.92 Å². The number of pyridine rings is 1. The number of nitrogens with zero attached hydrogens (tertiary/aromatic N) is 1. The number of halogens is 1. The summed E-state index contributed by atoms with van der Waals surface area (Å²) in [4.78, 5) is 15.2. The lowest BCUT2D eigenvalue weighted by Crippen LogP contribution is -2.33. The molecule has 4 nitrogen and oxygen atoms in total. The van der Waals surface area contributed by atoms with Gasteiger partial charge in [-0.1, -0.05) is 6.07 Å². The molecule has 0 fully saturated rings. The Morgan fingerprint density at radius 2 is 2.27 bits per heavy atom. The van der Waals surface area contributed by atoms with Gasteiger partial charge in [0.25, 0.3) is 0 Å². The molecule has 0 saturated heterocycles. The fourth-order valence-electron chi connectivity index (χ4n) is 1.08. The minimum absolute atomic E-state index is 0. The third kappa shape index (κ3) is 4.27. The van der Waals surface area contributed by atoms with E-state index in [0.717, 1.165) is 11.3 Å². The van der Waals surface area contributed by atoms with Crippen molar-refractivity contribution in [2.45, 2.75) is 19.4 Å². The molecule has 5 heteroatoms. The Balaban J connectivity index is 0.00000196. The summed E-state index contributed by atoms with van der Waals surface area (Å²) in [5.41, 5.74) is 7.47. The van der Waals surface area contributed by atoms with Crippen LogP contribution in [0.4, 0.5) is 0 Å². The van der Waals surface area contributed by atoms with E-state index in [9.17, 15) is 4.79 Å². The summed E-state index contributed by atoms with van der Waals surface area (Å²) in [6, 6.07) is 3.17. The van der Waals surface area contributed by atoms with Crippen molar-refractivity contribution < 1.29 is 9.53 Å². The molecule has 0 aromatic carbocycles. The summed E-state index contributed by atoms with van der Waals surface area (Å²) >= 11 is 0. The normalized spacial score (nSPS) is 11.4. The molecule has 0 saturated carbocycles. The van der Waals surface area contributed by atoms with E-state index in [1.165, 1.54) is 7.11 Å². The monoisotopic (exact) mass is 230 g/mol. The average Bonchev–Trinajstić information content (AvgIpc) is 2.20. The van der Waals surface area contributed by atoms with Crippen molar-refractivity contribution in [3.8, 4) is 0 Å². The molecule has 1 atom stereocenters. The first-order chi connectivity index (χ1) is 6.63. The number of hydrogen-bond donors (Lipinski definition) is 1. The lowest BCUT2D eigenvalue weighted by Gasteiger charge is -2.08. The van der Waals surface area contributed by atoms with E-state index in [4.69, 9.17) is 5.73 Å². The Bertz CT molecular complexity index is 314. The molecule has 2 N–H and O–H groups in total. The third-order valence-corrected chi connectivity index (χ3v) is 1.91. The van der Waals surface area contributed by atoms with E-state index in [2.05, 4.69) is 9.72 Å². The average molecular weight is 231 g/mol. The molecule has 1 heterocycles. The van der Waals surface area contributed by atoms with Crippen molar-refractivity contribution in [2.24, 2.45) is 5.73 Å². The van der Waals surface area contributed by atoms with Crippen LogP contribution in [0.5, 0.6) is 0 Å². The van der Waals surface area contributed by atoms with E-state index in [-0.39, 0.29) is 12.4 Å². The Morgan fingerprint density at radius 3 is 2.73 bits per heavy atom. The molecule has 1 aromatic heterocycles. The molecule has 0 aliphatic carbocycles. The molecule has 1 aromatic rings.